The van der Waals surface area contributed by atoms with E-state index in [9.17, 15) is 9.59 Å². The maximum atomic E-state index is 13.2. The maximum Gasteiger partial charge on any atom is 0.343 e. The Morgan fingerprint density at radius 3 is 1.03 bits per heavy atom. The molecular weight excluding hydrogens is 448 g/mol. The van der Waals surface area contributed by atoms with E-state index in [4.69, 9.17) is 9.47 Å². The van der Waals surface area contributed by atoms with Crippen LogP contribution in [0.15, 0.2) is 84.9 Å². The summed E-state index contributed by atoms with van der Waals surface area (Å²) < 4.78 is 12.1. The second-order valence-electron chi connectivity index (χ2n) is 9.28. The van der Waals surface area contributed by atoms with Crippen LogP contribution in [0.2, 0.25) is 0 Å². The number of carbonyl (C=O) groups is 2. The molecule has 0 radical (unpaired) electrons. The third-order valence-corrected chi connectivity index (χ3v) is 6.14. The highest BCUT2D eigenvalue weighted by atomic mass is 16.5. The van der Waals surface area contributed by atoms with Gasteiger partial charge in [0.15, 0.2) is 0 Å². The molecule has 178 valence electrons. The number of benzene rings is 5. The largest absolute Gasteiger partial charge is 0.422 e. The van der Waals surface area contributed by atoms with E-state index in [-0.39, 0.29) is 0 Å². The number of ether oxygens (including phenoxy) is 2. The van der Waals surface area contributed by atoms with Gasteiger partial charge in [-0.1, -0.05) is 82.9 Å². The number of carbonyl (C=O) groups excluding carboxylic acids is 2. The second kappa shape index (κ2) is 9.31. The van der Waals surface area contributed by atoms with Gasteiger partial charge < -0.3 is 9.47 Å². The zero-order valence-corrected chi connectivity index (χ0v) is 20.7. The third kappa shape index (κ3) is 4.46. The summed E-state index contributed by atoms with van der Waals surface area (Å²) in [7, 11) is 0. The number of hydrogen-bond donors (Lipinski definition) is 0. The first kappa shape index (κ1) is 23.3. The first-order chi connectivity index (χ1) is 17.3. The number of esters is 2. The van der Waals surface area contributed by atoms with Crippen LogP contribution in [0, 0.1) is 27.7 Å². The molecule has 0 spiro atoms. The predicted molar refractivity (Wildman–Crippen MR) is 143 cm³/mol. The van der Waals surface area contributed by atoms with Crippen molar-refractivity contribution < 1.29 is 19.1 Å². The van der Waals surface area contributed by atoms with E-state index in [2.05, 4.69) is 0 Å². The molecule has 0 aliphatic heterocycles. The fraction of sp³-hybridized carbons (Fsp3) is 0.125. The Balaban J connectivity index is 1.65. The van der Waals surface area contributed by atoms with Gasteiger partial charge in [-0.25, -0.2) is 9.59 Å². The summed E-state index contributed by atoms with van der Waals surface area (Å²) >= 11 is 0. The summed E-state index contributed by atoms with van der Waals surface area (Å²) in [5, 5.41) is 2.77. The first-order valence-electron chi connectivity index (χ1n) is 11.8. The van der Waals surface area contributed by atoms with Crippen molar-refractivity contribution in [2.45, 2.75) is 27.7 Å². The highest BCUT2D eigenvalue weighted by Crippen LogP contribution is 2.43. The topological polar surface area (TPSA) is 52.6 Å². The predicted octanol–water partition coefficient (Wildman–Crippen LogP) is 7.67. The number of aryl methyl sites for hydroxylation is 4. The van der Waals surface area contributed by atoms with E-state index in [1.54, 1.807) is 0 Å². The van der Waals surface area contributed by atoms with Crippen molar-refractivity contribution in [2.24, 2.45) is 0 Å². The Morgan fingerprint density at radius 2 is 0.750 bits per heavy atom. The smallest absolute Gasteiger partial charge is 0.343 e. The van der Waals surface area contributed by atoms with Crippen LogP contribution in [0.4, 0.5) is 0 Å². The minimum absolute atomic E-state index is 0.433. The molecule has 0 unspecified atom stereocenters. The minimum Gasteiger partial charge on any atom is -0.422 e. The van der Waals surface area contributed by atoms with Crippen molar-refractivity contribution in [2.75, 3.05) is 0 Å². The first-order valence-corrected chi connectivity index (χ1v) is 11.8. The van der Waals surface area contributed by atoms with E-state index < -0.39 is 11.9 Å². The van der Waals surface area contributed by atoms with Crippen LogP contribution in [-0.4, -0.2) is 11.9 Å². The fourth-order valence-corrected chi connectivity index (χ4v) is 4.76. The molecule has 4 nitrogen and oxygen atoms in total. The Hall–Kier alpha value is -4.44. The van der Waals surface area contributed by atoms with Crippen LogP contribution in [0.1, 0.15) is 43.0 Å². The van der Waals surface area contributed by atoms with E-state index in [0.29, 0.717) is 44.2 Å². The summed E-state index contributed by atoms with van der Waals surface area (Å²) in [5.74, 6) is 0.0160. The SMILES string of the molecule is Cc1cc(C)cc(C(=O)Oc2c3ccccc3c(OC(=O)c3cc(C)cc(C)c3)c3ccccc23)c1. The molecule has 5 aromatic rings. The van der Waals surface area contributed by atoms with Gasteiger partial charge in [-0.2, -0.15) is 0 Å². The Labute approximate surface area is 210 Å². The quantitative estimate of drug-likeness (QED) is 0.152. The molecule has 0 N–H and O–H groups in total. The number of hydrogen-bond acceptors (Lipinski definition) is 4. The van der Waals surface area contributed by atoms with E-state index in [0.717, 1.165) is 22.3 Å². The van der Waals surface area contributed by atoms with Crippen LogP contribution >= 0.6 is 0 Å². The van der Waals surface area contributed by atoms with Crippen molar-refractivity contribution in [3.05, 3.63) is 118 Å². The summed E-state index contributed by atoms with van der Waals surface area (Å²) in [6.07, 6.45) is 0. The average Bonchev–Trinajstić information content (AvgIpc) is 2.84. The van der Waals surface area contributed by atoms with Crippen LogP contribution in [0.5, 0.6) is 11.5 Å². The van der Waals surface area contributed by atoms with Gasteiger partial charge in [0.1, 0.15) is 11.5 Å². The lowest BCUT2D eigenvalue weighted by atomic mass is 10.00. The van der Waals surface area contributed by atoms with E-state index in [1.165, 1.54) is 0 Å². The van der Waals surface area contributed by atoms with Crippen LogP contribution in [0.25, 0.3) is 21.5 Å². The van der Waals surface area contributed by atoms with Crippen molar-refractivity contribution in [1.29, 1.82) is 0 Å². The highest BCUT2D eigenvalue weighted by molar-refractivity contribution is 6.13. The molecule has 0 heterocycles. The summed E-state index contributed by atoms with van der Waals surface area (Å²) in [4.78, 5) is 26.4. The minimum atomic E-state index is -0.433. The molecule has 5 aromatic carbocycles. The van der Waals surface area contributed by atoms with Crippen molar-refractivity contribution in [3.8, 4) is 11.5 Å². The molecule has 5 rings (SSSR count). The number of rotatable bonds is 4. The lowest BCUT2D eigenvalue weighted by molar-refractivity contribution is 0.0726. The lowest BCUT2D eigenvalue weighted by Crippen LogP contribution is -2.12. The zero-order chi connectivity index (χ0) is 25.4. The molecule has 4 heteroatoms. The van der Waals surface area contributed by atoms with Crippen molar-refractivity contribution in [1.82, 2.24) is 0 Å². The van der Waals surface area contributed by atoms with Gasteiger partial charge >= 0.3 is 11.9 Å². The summed E-state index contributed by atoms with van der Waals surface area (Å²) in [5.41, 5.74) is 4.95. The van der Waals surface area contributed by atoms with Gasteiger partial charge in [0.05, 0.1) is 11.1 Å². The highest BCUT2D eigenvalue weighted by Gasteiger charge is 2.21. The molecule has 0 bridgehead atoms. The molecule has 36 heavy (non-hydrogen) atoms. The fourth-order valence-electron chi connectivity index (χ4n) is 4.76. The molecule has 0 aliphatic carbocycles. The number of fused-ring (bicyclic) bond motifs is 2. The summed E-state index contributed by atoms with van der Waals surface area (Å²) in [6, 6.07) is 26.3. The molecule has 0 saturated heterocycles. The monoisotopic (exact) mass is 474 g/mol. The van der Waals surface area contributed by atoms with E-state index in [1.807, 2.05) is 113 Å². The Kier molecular flexibility index (Phi) is 6.03. The van der Waals surface area contributed by atoms with Crippen LogP contribution in [-0.2, 0) is 0 Å². The second-order valence-corrected chi connectivity index (χ2v) is 9.28. The summed E-state index contributed by atoms with van der Waals surface area (Å²) in [6.45, 7) is 7.81. The zero-order valence-electron chi connectivity index (χ0n) is 20.7. The molecule has 0 saturated carbocycles. The van der Waals surface area contributed by atoms with Gasteiger partial charge in [0, 0.05) is 21.5 Å². The lowest BCUT2D eigenvalue weighted by Gasteiger charge is -2.17. The van der Waals surface area contributed by atoms with Crippen LogP contribution < -0.4 is 9.47 Å². The average molecular weight is 475 g/mol. The molecule has 0 atom stereocenters. The van der Waals surface area contributed by atoms with Gasteiger partial charge in [-0.05, 0) is 52.0 Å². The van der Waals surface area contributed by atoms with Gasteiger partial charge in [-0.3, -0.25) is 0 Å². The molecule has 0 fully saturated rings. The molecule has 0 amide bonds. The Morgan fingerprint density at radius 1 is 0.472 bits per heavy atom. The molecule has 0 aliphatic rings. The third-order valence-electron chi connectivity index (χ3n) is 6.14. The normalized spacial score (nSPS) is 11.0. The molecular formula is C32H26O4. The van der Waals surface area contributed by atoms with E-state index >= 15 is 0 Å². The van der Waals surface area contributed by atoms with Crippen LogP contribution in [0.3, 0.4) is 0 Å². The van der Waals surface area contributed by atoms with Gasteiger partial charge in [-0.15, -0.1) is 0 Å². The Bertz CT molecular complexity index is 1440. The molecule has 0 aromatic heterocycles. The van der Waals surface area contributed by atoms with Gasteiger partial charge in [0.2, 0.25) is 0 Å². The maximum absolute atomic E-state index is 13.2. The van der Waals surface area contributed by atoms with Crippen molar-refractivity contribution >= 4 is 33.5 Å². The van der Waals surface area contributed by atoms with Gasteiger partial charge in [0.25, 0.3) is 0 Å². The van der Waals surface area contributed by atoms with Crippen molar-refractivity contribution in [3.63, 3.8) is 0 Å². The standard InChI is InChI=1S/C32H26O4/c1-19-13-20(2)16-23(15-19)31(33)35-29-25-9-5-7-11-27(25)30(28-12-8-6-10-26(28)29)36-32(34)24-17-21(3)14-22(4)18-24/h5-18H,1-4H3.